The molecule has 1 aromatic rings. The first kappa shape index (κ1) is 17.4. The number of hydrogen-bond donors (Lipinski definition) is 1. The number of aliphatic hydroxyl groups is 1. The average Bonchev–Trinajstić information content (AvgIpc) is 2.48. The molecule has 0 saturated carbocycles. The van der Waals surface area contributed by atoms with E-state index < -0.39 is 6.10 Å². The van der Waals surface area contributed by atoms with Crippen molar-refractivity contribution in [3.05, 3.63) is 55.1 Å². The van der Waals surface area contributed by atoms with Crippen molar-refractivity contribution in [2.45, 2.75) is 12.7 Å². The Hall–Kier alpha value is -1.62. The number of methoxy groups -OCH3 is 1. The number of aliphatic hydroxyl groups excluding tert-OH is 1. The second kappa shape index (κ2) is 10.2. The predicted octanol–water partition coefficient (Wildman–Crippen LogP) is 2.25. The molecular formula is C17H25NO3. The number of ether oxygens (including phenoxy) is 2. The molecule has 0 saturated heterocycles. The highest BCUT2D eigenvalue weighted by atomic mass is 16.5. The van der Waals surface area contributed by atoms with Crippen LogP contribution >= 0.6 is 0 Å². The lowest BCUT2D eigenvalue weighted by Gasteiger charge is -2.22. The van der Waals surface area contributed by atoms with Crippen molar-refractivity contribution in [1.29, 1.82) is 0 Å². The molecule has 1 N–H and O–H groups in total. The van der Waals surface area contributed by atoms with Crippen LogP contribution < -0.4 is 4.74 Å². The van der Waals surface area contributed by atoms with E-state index in [4.69, 9.17) is 9.47 Å². The Kier molecular flexibility index (Phi) is 8.43. The minimum Gasteiger partial charge on any atom is -0.497 e. The number of rotatable bonds is 11. The molecule has 1 atom stereocenters. The van der Waals surface area contributed by atoms with Gasteiger partial charge in [-0.05, 0) is 17.7 Å². The molecule has 0 aliphatic rings. The van der Waals surface area contributed by atoms with Crippen LogP contribution in [-0.4, -0.2) is 49.5 Å². The molecular weight excluding hydrogens is 266 g/mol. The van der Waals surface area contributed by atoms with Gasteiger partial charge in [0.25, 0.3) is 0 Å². The smallest absolute Gasteiger partial charge is 0.119 e. The molecule has 0 aromatic heterocycles. The molecule has 0 fully saturated rings. The van der Waals surface area contributed by atoms with Crippen LogP contribution in [0.5, 0.6) is 5.75 Å². The van der Waals surface area contributed by atoms with Gasteiger partial charge in [0, 0.05) is 19.6 Å². The first-order valence-corrected chi connectivity index (χ1v) is 7.02. The van der Waals surface area contributed by atoms with Gasteiger partial charge in [-0.2, -0.15) is 0 Å². The Balaban J connectivity index is 2.33. The summed E-state index contributed by atoms with van der Waals surface area (Å²) in [6.07, 6.45) is 3.09. The van der Waals surface area contributed by atoms with Crippen LogP contribution in [0.3, 0.4) is 0 Å². The maximum atomic E-state index is 9.99. The zero-order valence-electron chi connectivity index (χ0n) is 12.7. The van der Waals surface area contributed by atoms with E-state index in [1.54, 1.807) is 7.11 Å². The molecule has 0 radical (unpaired) electrons. The van der Waals surface area contributed by atoms with Gasteiger partial charge in [-0.1, -0.05) is 24.3 Å². The highest BCUT2D eigenvalue weighted by molar-refractivity contribution is 5.27. The Morgan fingerprint density at radius 2 is 2.00 bits per heavy atom. The third kappa shape index (κ3) is 7.09. The molecule has 0 amide bonds. The van der Waals surface area contributed by atoms with E-state index in [9.17, 15) is 5.11 Å². The van der Waals surface area contributed by atoms with Crippen LogP contribution in [0, 0.1) is 0 Å². The standard InChI is InChI=1S/C17H25NO3/c1-4-9-18(10-5-2)12-16(19)14-21-13-15-7-6-8-17(11-15)20-3/h4-8,11,16,19H,1-2,9-10,12-14H2,3H3/t16-/m0/s1. The summed E-state index contributed by atoms with van der Waals surface area (Å²) >= 11 is 0. The molecule has 4 heteroatoms. The SMILES string of the molecule is C=CCN(CC=C)C[C@H](O)COCc1cccc(OC)c1. The van der Waals surface area contributed by atoms with Crippen molar-refractivity contribution in [2.75, 3.05) is 33.4 Å². The van der Waals surface area contributed by atoms with Gasteiger partial charge in [0.2, 0.25) is 0 Å². The normalized spacial score (nSPS) is 12.1. The Morgan fingerprint density at radius 3 is 2.62 bits per heavy atom. The molecule has 0 spiro atoms. The molecule has 0 bridgehead atoms. The predicted molar refractivity (Wildman–Crippen MR) is 85.5 cm³/mol. The molecule has 0 heterocycles. The van der Waals surface area contributed by atoms with Crippen LogP contribution in [0.2, 0.25) is 0 Å². The third-order valence-electron chi connectivity index (χ3n) is 2.96. The van der Waals surface area contributed by atoms with E-state index in [-0.39, 0.29) is 0 Å². The summed E-state index contributed by atoms with van der Waals surface area (Å²) in [5, 5.41) is 9.99. The fourth-order valence-corrected chi connectivity index (χ4v) is 2.01. The highest BCUT2D eigenvalue weighted by Crippen LogP contribution is 2.13. The minimum atomic E-state index is -0.532. The van der Waals surface area contributed by atoms with Crippen LogP contribution in [0.1, 0.15) is 5.56 Å². The van der Waals surface area contributed by atoms with Gasteiger partial charge in [0.05, 0.1) is 26.4 Å². The van der Waals surface area contributed by atoms with Crippen molar-refractivity contribution in [3.8, 4) is 5.75 Å². The molecule has 1 aromatic carbocycles. The summed E-state index contributed by atoms with van der Waals surface area (Å²) in [5.41, 5.74) is 1.02. The topological polar surface area (TPSA) is 41.9 Å². The van der Waals surface area contributed by atoms with Crippen molar-refractivity contribution in [2.24, 2.45) is 0 Å². The molecule has 1 rings (SSSR count). The van der Waals surface area contributed by atoms with Gasteiger partial charge in [-0.25, -0.2) is 0 Å². The molecule has 21 heavy (non-hydrogen) atoms. The zero-order chi connectivity index (χ0) is 15.5. The maximum Gasteiger partial charge on any atom is 0.119 e. The zero-order valence-corrected chi connectivity index (χ0v) is 12.7. The summed E-state index contributed by atoms with van der Waals surface area (Å²) in [5.74, 6) is 0.805. The summed E-state index contributed by atoms with van der Waals surface area (Å²) in [7, 11) is 1.64. The van der Waals surface area contributed by atoms with Crippen molar-refractivity contribution in [1.82, 2.24) is 4.90 Å². The molecule has 4 nitrogen and oxygen atoms in total. The first-order valence-electron chi connectivity index (χ1n) is 7.02. The Morgan fingerprint density at radius 1 is 1.29 bits per heavy atom. The lowest BCUT2D eigenvalue weighted by molar-refractivity contribution is 0.0132. The van der Waals surface area contributed by atoms with Gasteiger partial charge < -0.3 is 14.6 Å². The molecule has 0 aliphatic carbocycles. The van der Waals surface area contributed by atoms with Crippen molar-refractivity contribution < 1.29 is 14.6 Å². The monoisotopic (exact) mass is 291 g/mol. The summed E-state index contributed by atoms with van der Waals surface area (Å²) < 4.78 is 10.7. The average molecular weight is 291 g/mol. The van der Waals surface area contributed by atoms with E-state index in [1.165, 1.54) is 0 Å². The Bertz CT molecular complexity index is 424. The lowest BCUT2D eigenvalue weighted by Crippen LogP contribution is -2.35. The van der Waals surface area contributed by atoms with Gasteiger partial charge >= 0.3 is 0 Å². The minimum absolute atomic E-state index is 0.294. The molecule has 0 aliphatic heterocycles. The molecule has 116 valence electrons. The number of hydrogen-bond acceptors (Lipinski definition) is 4. The third-order valence-corrected chi connectivity index (χ3v) is 2.96. The molecule has 0 unspecified atom stereocenters. The van der Waals surface area contributed by atoms with E-state index >= 15 is 0 Å². The fraction of sp³-hybridized carbons (Fsp3) is 0.412. The fourth-order valence-electron chi connectivity index (χ4n) is 2.01. The maximum absolute atomic E-state index is 9.99. The second-order valence-electron chi connectivity index (χ2n) is 4.82. The largest absolute Gasteiger partial charge is 0.497 e. The van der Waals surface area contributed by atoms with Crippen molar-refractivity contribution in [3.63, 3.8) is 0 Å². The first-order chi connectivity index (χ1) is 10.2. The van der Waals surface area contributed by atoms with E-state index in [2.05, 4.69) is 18.1 Å². The summed E-state index contributed by atoms with van der Waals surface area (Å²) in [4.78, 5) is 2.06. The van der Waals surface area contributed by atoms with E-state index in [0.29, 0.717) is 19.8 Å². The second-order valence-corrected chi connectivity index (χ2v) is 4.82. The number of nitrogens with zero attached hydrogens (tertiary/aromatic N) is 1. The summed E-state index contributed by atoms with van der Waals surface area (Å²) in [6, 6.07) is 7.70. The summed E-state index contributed by atoms with van der Waals surface area (Å²) in [6.45, 7) is 10.1. The van der Waals surface area contributed by atoms with Crippen LogP contribution in [0.25, 0.3) is 0 Å². The van der Waals surface area contributed by atoms with Crippen LogP contribution in [-0.2, 0) is 11.3 Å². The van der Waals surface area contributed by atoms with E-state index in [1.807, 2.05) is 36.4 Å². The number of benzene rings is 1. The lowest BCUT2D eigenvalue weighted by atomic mass is 10.2. The van der Waals surface area contributed by atoms with Crippen LogP contribution in [0.4, 0.5) is 0 Å². The van der Waals surface area contributed by atoms with Gasteiger partial charge in [0.15, 0.2) is 0 Å². The quantitative estimate of drug-likeness (QED) is 0.635. The van der Waals surface area contributed by atoms with Gasteiger partial charge in [-0.3, -0.25) is 4.90 Å². The van der Waals surface area contributed by atoms with E-state index in [0.717, 1.165) is 24.4 Å². The van der Waals surface area contributed by atoms with Gasteiger partial charge in [-0.15, -0.1) is 13.2 Å². The Labute approximate surface area is 127 Å². The van der Waals surface area contributed by atoms with Crippen molar-refractivity contribution >= 4 is 0 Å². The highest BCUT2D eigenvalue weighted by Gasteiger charge is 2.10. The van der Waals surface area contributed by atoms with Gasteiger partial charge in [0.1, 0.15) is 5.75 Å². The van der Waals surface area contributed by atoms with Crippen LogP contribution in [0.15, 0.2) is 49.6 Å².